The molecule has 18 heavy (non-hydrogen) atoms. The molecule has 0 saturated heterocycles. The van der Waals surface area contributed by atoms with E-state index in [9.17, 15) is 0 Å². The van der Waals surface area contributed by atoms with Crippen molar-refractivity contribution in [1.82, 2.24) is 0 Å². The average Bonchev–Trinajstić information content (AvgIpc) is 2.36. The van der Waals surface area contributed by atoms with Gasteiger partial charge in [0, 0.05) is 13.0 Å². The molecule has 0 amide bonds. The lowest BCUT2D eigenvalue weighted by Crippen LogP contribution is -2.52. The van der Waals surface area contributed by atoms with E-state index in [2.05, 4.69) is 26.0 Å². The predicted molar refractivity (Wildman–Crippen MR) is 74.6 cm³/mol. The molecule has 0 aliphatic heterocycles. The van der Waals surface area contributed by atoms with E-state index in [1.807, 2.05) is 19.1 Å². The number of halogens is 1. The van der Waals surface area contributed by atoms with Crippen LogP contribution in [0.5, 0.6) is 5.75 Å². The number of benzene rings is 1. The van der Waals surface area contributed by atoms with Crippen LogP contribution in [0.25, 0.3) is 0 Å². The third-order valence-electron chi connectivity index (χ3n) is 3.37. The second-order valence-corrected chi connectivity index (χ2v) is 5.61. The topological polar surface area (TPSA) is 18.5 Å². The quantitative estimate of drug-likeness (QED) is 0.752. The Bertz CT molecular complexity index is 375. The Morgan fingerprint density at radius 3 is 2.44 bits per heavy atom. The van der Waals surface area contributed by atoms with E-state index in [-0.39, 0.29) is 17.6 Å². The van der Waals surface area contributed by atoms with Crippen LogP contribution >= 0.6 is 11.6 Å². The molecule has 1 aromatic rings. The lowest BCUT2D eigenvalue weighted by atomic mass is 9.91. The molecule has 2 nitrogen and oxygen atoms in total. The summed E-state index contributed by atoms with van der Waals surface area (Å²) in [5.74, 6) is 1.45. The zero-order chi connectivity index (χ0) is 13.1. The maximum absolute atomic E-state index is 6.12. The van der Waals surface area contributed by atoms with Gasteiger partial charge in [0.1, 0.15) is 18.0 Å². The fraction of sp³-hybridized carbons (Fsp3) is 0.600. The van der Waals surface area contributed by atoms with Gasteiger partial charge in [-0.1, -0.05) is 26.0 Å². The average molecular weight is 269 g/mol. The van der Waals surface area contributed by atoms with Gasteiger partial charge in [0.25, 0.3) is 0 Å². The van der Waals surface area contributed by atoms with Gasteiger partial charge in [0.2, 0.25) is 0 Å². The number of rotatable bonds is 5. The molecule has 0 aromatic heterocycles. The Morgan fingerprint density at radius 1 is 1.28 bits per heavy atom. The van der Waals surface area contributed by atoms with E-state index < -0.39 is 0 Å². The first-order chi connectivity index (χ1) is 8.61. The van der Waals surface area contributed by atoms with Crippen LogP contribution in [0.2, 0.25) is 0 Å². The summed E-state index contributed by atoms with van der Waals surface area (Å²) in [5.41, 5.74) is 1.33. The van der Waals surface area contributed by atoms with Gasteiger partial charge in [-0.2, -0.15) is 0 Å². The lowest BCUT2D eigenvalue weighted by molar-refractivity contribution is -0.0759. The van der Waals surface area contributed by atoms with E-state index in [0.29, 0.717) is 12.5 Å². The van der Waals surface area contributed by atoms with Crippen molar-refractivity contribution in [2.24, 2.45) is 0 Å². The summed E-state index contributed by atoms with van der Waals surface area (Å²) >= 11 is 6.12. The van der Waals surface area contributed by atoms with E-state index in [1.54, 1.807) is 0 Å². The molecule has 1 saturated carbocycles. The third kappa shape index (κ3) is 2.99. The van der Waals surface area contributed by atoms with Crippen molar-refractivity contribution in [2.45, 2.75) is 50.7 Å². The van der Waals surface area contributed by atoms with E-state index in [0.717, 1.165) is 12.2 Å². The summed E-state index contributed by atoms with van der Waals surface area (Å²) in [6.07, 6.45) is 0.983. The molecular weight excluding hydrogens is 248 g/mol. The Labute approximate surface area is 114 Å². The van der Waals surface area contributed by atoms with Crippen molar-refractivity contribution in [3.8, 4) is 5.75 Å². The molecule has 3 atom stereocenters. The largest absolute Gasteiger partial charge is 0.488 e. The minimum atomic E-state index is 0.0291. The molecule has 0 bridgehead atoms. The van der Waals surface area contributed by atoms with Crippen molar-refractivity contribution >= 4 is 11.6 Å². The molecule has 0 N–H and O–H groups in total. The van der Waals surface area contributed by atoms with Crippen LogP contribution in [0.4, 0.5) is 0 Å². The number of alkyl halides is 1. The highest BCUT2D eigenvalue weighted by molar-refractivity contribution is 6.21. The SMILES string of the molecule is CCOC1C(Cl)CC1Oc1ccc(C(C)C)cc1. The van der Waals surface area contributed by atoms with Gasteiger partial charge in [-0.3, -0.25) is 0 Å². The number of ether oxygens (including phenoxy) is 2. The van der Waals surface area contributed by atoms with Crippen molar-refractivity contribution in [3.63, 3.8) is 0 Å². The van der Waals surface area contributed by atoms with Gasteiger partial charge in [-0.25, -0.2) is 0 Å². The minimum absolute atomic E-state index is 0.0291. The summed E-state index contributed by atoms with van der Waals surface area (Å²) in [6.45, 7) is 7.03. The minimum Gasteiger partial charge on any atom is -0.488 e. The highest BCUT2D eigenvalue weighted by Crippen LogP contribution is 2.33. The van der Waals surface area contributed by atoms with Gasteiger partial charge < -0.3 is 9.47 Å². The summed E-state index contributed by atoms with van der Waals surface area (Å²) in [4.78, 5) is 0. The first kappa shape index (κ1) is 13.7. The molecule has 1 aliphatic carbocycles. The molecule has 1 aliphatic rings. The summed E-state index contributed by atoms with van der Waals surface area (Å²) in [5, 5.41) is 0.0879. The second-order valence-electron chi connectivity index (χ2n) is 5.05. The lowest BCUT2D eigenvalue weighted by Gasteiger charge is -2.40. The molecule has 3 heteroatoms. The maximum Gasteiger partial charge on any atom is 0.128 e. The van der Waals surface area contributed by atoms with Gasteiger partial charge in [0.15, 0.2) is 0 Å². The van der Waals surface area contributed by atoms with Crippen molar-refractivity contribution < 1.29 is 9.47 Å². The second kappa shape index (κ2) is 5.94. The third-order valence-corrected chi connectivity index (χ3v) is 3.80. The molecule has 1 fully saturated rings. The zero-order valence-electron chi connectivity index (χ0n) is 11.2. The van der Waals surface area contributed by atoms with Crippen LogP contribution in [0.1, 0.15) is 38.7 Å². The van der Waals surface area contributed by atoms with Gasteiger partial charge in [-0.15, -0.1) is 11.6 Å². The molecule has 2 rings (SSSR count). The predicted octanol–water partition coefficient (Wildman–Crippen LogP) is 3.97. The monoisotopic (exact) mass is 268 g/mol. The van der Waals surface area contributed by atoms with E-state index in [1.165, 1.54) is 5.56 Å². The molecule has 0 radical (unpaired) electrons. The molecule has 0 spiro atoms. The Kier molecular flexibility index (Phi) is 4.52. The van der Waals surface area contributed by atoms with Gasteiger partial charge in [0.05, 0.1) is 5.38 Å². The highest BCUT2D eigenvalue weighted by Gasteiger charge is 2.42. The summed E-state index contributed by atoms with van der Waals surface area (Å²) in [7, 11) is 0. The van der Waals surface area contributed by atoms with E-state index in [4.69, 9.17) is 21.1 Å². The van der Waals surface area contributed by atoms with Crippen molar-refractivity contribution in [2.75, 3.05) is 6.61 Å². The molecule has 0 heterocycles. The fourth-order valence-corrected chi connectivity index (χ4v) is 2.56. The van der Waals surface area contributed by atoms with Crippen LogP contribution < -0.4 is 4.74 Å². The standard InChI is InChI=1S/C15H21ClO2/c1-4-17-15-13(16)9-14(15)18-12-7-5-11(6-8-12)10(2)3/h5-8,10,13-15H,4,9H2,1-3H3. The highest BCUT2D eigenvalue weighted by atomic mass is 35.5. The number of hydrogen-bond donors (Lipinski definition) is 0. The van der Waals surface area contributed by atoms with Gasteiger partial charge in [-0.05, 0) is 30.5 Å². The first-order valence-corrected chi connectivity index (χ1v) is 7.07. The maximum atomic E-state index is 6.12. The van der Waals surface area contributed by atoms with Crippen molar-refractivity contribution in [3.05, 3.63) is 29.8 Å². The van der Waals surface area contributed by atoms with Gasteiger partial charge >= 0.3 is 0 Å². The fourth-order valence-electron chi connectivity index (χ4n) is 2.15. The normalized spacial score (nSPS) is 27.1. The first-order valence-electron chi connectivity index (χ1n) is 6.64. The van der Waals surface area contributed by atoms with Crippen LogP contribution in [-0.2, 0) is 4.74 Å². The van der Waals surface area contributed by atoms with Crippen molar-refractivity contribution in [1.29, 1.82) is 0 Å². The Morgan fingerprint density at radius 2 is 1.94 bits per heavy atom. The summed E-state index contributed by atoms with van der Waals surface area (Å²) < 4.78 is 11.5. The van der Waals surface area contributed by atoms with Crippen LogP contribution in [0, 0.1) is 0 Å². The van der Waals surface area contributed by atoms with Crippen LogP contribution in [0.15, 0.2) is 24.3 Å². The van der Waals surface area contributed by atoms with Crippen LogP contribution in [0.3, 0.4) is 0 Å². The molecule has 100 valence electrons. The summed E-state index contributed by atoms with van der Waals surface area (Å²) in [6, 6.07) is 8.29. The Hall–Kier alpha value is -0.730. The van der Waals surface area contributed by atoms with E-state index >= 15 is 0 Å². The smallest absolute Gasteiger partial charge is 0.128 e. The Balaban J connectivity index is 1.93. The molecule has 3 unspecified atom stereocenters. The molecular formula is C15H21ClO2. The zero-order valence-corrected chi connectivity index (χ0v) is 12.0. The molecule has 1 aromatic carbocycles. The van der Waals surface area contributed by atoms with Crippen LogP contribution in [-0.4, -0.2) is 24.2 Å². The number of hydrogen-bond acceptors (Lipinski definition) is 2.